The quantitative estimate of drug-likeness (QED) is 0.796. The monoisotopic (exact) mass is 247 g/mol. The second-order valence-corrected chi connectivity index (χ2v) is 4.89. The summed E-state index contributed by atoms with van der Waals surface area (Å²) >= 11 is 0. The van der Waals surface area contributed by atoms with Crippen LogP contribution in [0.15, 0.2) is 30.0 Å². The van der Waals surface area contributed by atoms with Crippen LogP contribution in [0.1, 0.15) is 36.8 Å². The van der Waals surface area contributed by atoms with Crippen molar-refractivity contribution >= 4 is 5.91 Å². The Kier molecular flexibility index (Phi) is 4.20. The predicted molar refractivity (Wildman–Crippen MR) is 72.7 cm³/mol. The fraction of sp³-hybridized carbons (Fsp3) is 0.500. The van der Waals surface area contributed by atoms with Gasteiger partial charge in [-0.1, -0.05) is 11.6 Å². The maximum atomic E-state index is 12.1. The number of rotatable bonds is 4. The molecule has 1 aliphatic rings. The summed E-state index contributed by atoms with van der Waals surface area (Å²) in [5.74, 6) is 0.00753. The molecule has 98 valence electrons. The van der Waals surface area contributed by atoms with Crippen molar-refractivity contribution in [2.24, 2.45) is 0 Å². The van der Waals surface area contributed by atoms with E-state index in [0.29, 0.717) is 12.6 Å². The second-order valence-electron chi connectivity index (χ2n) is 4.89. The fourth-order valence-corrected chi connectivity index (χ4v) is 2.15. The van der Waals surface area contributed by atoms with Crippen LogP contribution in [0, 0.1) is 0 Å². The van der Waals surface area contributed by atoms with E-state index in [9.17, 15) is 4.79 Å². The lowest BCUT2D eigenvalue weighted by atomic mass is 10.1. The third kappa shape index (κ3) is 3.01. The average Bonchev–Trinajstić information content (AvgIpc) is 2.86. The van der Waals surface area contributed by atoms with Crippen LogP contribution in [0.4, 0.5) is 0 Å². The Bertz CT molecular complexity index is 446. The van der Waals surface area contributed by atoms with Crippen molar-refractivity contribution in [3.05, 3.63) is 35.7 Å². The minimum absolute atomic E-state index is 0.00753. The zero-order valence-corrected chi connectivity index (χ0v) is 11.1. The van der Waals surface area contributed by atoms with Crippen molar-refractivity contribution in [3.8, 4) is 0 Å². The molecule has 0 atom stereocenters. The standard InChI is InChI=1S/C14H21N3O/c1-11(2)17-9-3-4-13(17)14(18)16-10-12-5-7-15-8-6-12/h3-5,9,11,15H,6-8,10H2,1-2H3,(H,16,18). The number of carbonyl (C=O) groups excluding carboxylic acids is 1. The smallest absolute Gasteiger partial charge is 0.268 e. The van der Waals surface area contributed by atoms with Crippen molar-refractivity contribution in [1.82, 2.24) is 15.2 Å². The van der Waals surface area contributed by atoms with Gasteiger partial charge in [-0.05, 0) is 38.9 Å². The average molecular weight is 247 g/mol. The number of hydrogen-bond acceptors (Lipinski definition) is 2. The lowest BCUT2D eigenvalue weighted by Gasteiger charge is -2.16. The molecule has 2 heterocycles. The van der Waals surface area contributed by atoms with Gasteiger partial charge < -0.3 is 15.2 Å². The Balaban J connectivity index is 1.95. The van der Waals surface area contributed by atoms with Gasteiger partial charge in [0, 0.05) is 25.3 Å². The Morgan fingerprint density at radius 1 is 1.56 bits per heavy atom. The maximum absolute atomic E-state index is 12.1. The van der Waals surface area contributed by atoms with Gasteiger partial charge in [0.05, 0.1) is 0 Å². The van der Waals surface area contributed by atoms with E-state index in [1.165, 1.54) is 5.57 Å². The van der Waals surface area contributed by atoms with Crippen molar-refractivity contribution < 1.29 is 4.79 Å². The molecule has 1 amide bonds. The molecule has 4 nitrogen and oxygen atoms in total. The van der Waals surface area contributed by atoms with E-state index in [2.05, 4.69) is 30.6 Å². The van der Waals surface area contributed by atoms with Crippen LogP contribution in [0.3, 0.4) is 0 Å². The molecule has 0 saturated carbocycles. The first-order chi connectivity index (χ1) is 8.68. The summed E-state index contributed by atoms with van der Waals surface area (Å²) in [7, 11) is 0. The van der Waals surface area contributed by atoms with Gasteiger partial charge in [-0.3, -0.25) is 4.79 Å². The molecule has 0 saturated heterocycles. The van der Waals surface area contributed by atoms with Crippen LogP contribution in [-0.4, -0.2) is 30.1 Å². The predicted octanol–water partition coefficient (Wildman–Crippen LogP) is 1.72. The van der Waals surface area contributed by atoms with E-state index in [1.54, 1.807) is 0 Å². The third-order valence-corrected chi connectivity index (χ3v) is 3.20. The third-order valence-electron chi connectivity index (χ3n) is 3.20. The van der Waals surface area contributed by atoms with Crippen LogP contribution >= 0.6 is 0 Å². The van der Waals surface area contributed by atoms with Gasteiger partial charge in [-0.15, -0.1) is 0 Å². The summed E-state index contributed by atoms with van der Waals surface area (Å²) in [6, 6.07) is 4.09. The van der Waals surface area contributed by atoms with Crippen molar-refractivity contribution in [2.75, 3.05) is 19.6 Å². The Morgan fingerprint density at radius 2 is 2.39 bits per heavy atom. The van der Waals surface area contributed by atoms with Crippen LogP contribution < -0.4 is 10.6 Å². The van der Waals surface area contributed by atoms with E-state index >= 15 is 0 Å². The highest BCUT2D eigenvalue weighted by Crippen LogP contribution is 2.11. The molecule has 18 heavy (non-hydrogen) atoms. The van der Waals surface area contributed by atoms with Crippen molar-refractivity contribution in [3.63, 3.8) is 0 Å². The molecule has 0 aliphatic carbocycles. The zero-order valence-electron chi connectivity index (χ0n) is 11.1. The molecule has 0 radical (unpaired) electrons. The molecule has 1 aromatic rings. The van der Waals surface area contributed by atoms with Gasteiger partial charge in [-0.25, -0.2) is 0 Å². The van der Waals surface area contributed by atoms with Gasteiger partial charge in [0.25, 0.3) is 5.91 Å². The van der Waals surface area contributed by atoms with Crippen molar-refractivity contribution in [1.29, 1.82) is 0 Å². The lowest BCUT2D eigenvalue weighted by Crippen LogP contribution is -2.31. The summed E-state index contributed by atoms with van der Waals surface area (Å²) in [6.45, 7) is 6.72. The molecule has 1 aromatic heterocycles. The molecule has 2 N–H and O–H groups in total. The van der Waals surface area contributed by atoms with E-state index in [-0.39, 0.29) is 5.91 Å². The van der Waals surface area contributed by atoms with Crippen LogP contribution in [0.25, 0.3) is 0 Å². The number of carbonyl (C=O) groups is 1. The van der Waals surface area contributed by atoms with Gasteiger partial charge >= 0.3 is 0 Å². The summed E-state index contributed by atoms with van der Waals surface area (Å²) in [5.41, 5.74) is 2.05. The summed E-state index contributed by atoms with van der Waals surface area (Å²) in [4.78, 5) is 12.1. The molecule has 4 heteroatoms. The largest absolute Gasteiger partial charge is 0.347 e. The zero-order chi connectivity index (χ0) is 13.0. The summed E-state index contributed by atoms with van der Waals surface area (Å²) < 4.78 is 1.99. The van der Waals surface area contributed by atoms with Gasteiger partial charge in [-0.2, -0.15) is 0 Å². The minimum Gasteiger partial charge on any atom is -0.347 e. The highest BCUT2D eigenvalue weighted by molar-refractivity contribution is 5.92. The Labute approximate surface area is 108 Å². The number of aromatic nitrogens is 1. The molecule has 0 unspecified atom stereocenters. The van der Waals surface area contributed by atoms with E-state index in [0.717, 1.165) is 25.2 Å². The number of nitrogens with one attached hydrogen (secondary N) is 2. The topological polar surface area (TPSA) is 46.1 Å². The maximum Gasteiger partial charge on any atom is 0.268 e. The summed E-state index contributed by atoms with van der Waals surface area (Å²) in [6.07, 6.45) is 5.13. The van der Waals surface area contributed by atoms with E-state index in [1.807, 2.05) is 22.9 Å². The normalized spacial score (nSPS) is 15.6. The molecule has 1 aliphatic heterocycles. The first kappa shape index (κ1) is 12.9. The SMILES string of the molecule is CC(C)n1cccc1C(=O)NCC1=CCNCC1. The molecule has 0 aromatic carbocycles. The Hall–Kier alpha value is -1.55. The number of hydrogen-bond donors (Lipinski definition) is 2. The van der Waals surface area contributed by atoms with Gasteiger partial charge in [0.15, 0.2) is 0 Å². The highest BCUT2D eigenvalue weighted by atomic mass is 16.1. The fourth-order valence-electron chi connectivity index (χ4n) is 2.15. The molecular weight excluding hydrogens is 226 g/mol. The molecule has 2 rings (SSSR count). The van der Waals surface area contributed by atoms with Crippen LogP contribution in [-0.2, 0) is 0 Å². The second kappa shape index (κ2) is 5.87. The Morgan fingerprint density at radius 3 is 3.06 bits per heavy atom. The number of amides is 1. The van der Waals surface area contributed by atoms with Crippen molar-refractivity contribution in [2.45, 2.75) is 26.3 Å². The highest BCUT2D eigenvalue weighted by Gasteiger charge is 2.13. The van der Waals surface area contributed by atoms with E-state index < -0.39 is 0 Å². The van der Waals surface area contributed by atoms with Gasteiger partial charge in [0.2, 0.25) is 0 Å². The first-order valence-electron chi connectivity index (χ1n) is 6.52. The summed E-state index contributed by atoms with van der Waals surface area (Å²) in [5, 5.41) is 6.25. The minimum atomic E-state index is 0.00753. The number of nitrogens with zero attached hydrogens (tertiary/aromatic N) is 1. The lowest BCUT2D eigenvalue weighted by molar-refractivity contribution is 0.0946. The molecule has 0 spiro atoms. The van der Waals surface area contributed by atoms with Gasteiger partial charge in [0.1, 0.15) is 5.69 Å². The van der Waals surface area contributed by atoms with Crippen LogP contribution in [0.5, 0.6) is 0 Å². The molecular formula is C14H21N3O. The molecule has 0 bridgehead atoms. The molecule has 0 fully saturated rings. The van der Waals surface area contributed by atoms with E-state index in [4.69, 9.17) is 0 Å². The first-order valence-corrected chi connectivity index (χ1v) is 6.52. The van der Waals surface area contributed by atoms with Crippen LogP contribution in [0.2, 0.25) is 0 Å².